The van der Waals surface area contributed by atoms with Gasteiger partial charge in [-0.1, -0.05) is 30.4 Å². The summed E-state index contributed by atoms with van der Waals surface area (Å²) in [5, 5.41) is 15.0. The summed E-state index contributed by atoms with van der Waals surface area (Å²) in [5.74, 6) is -0.804. The number of hydrogen-bond donors (Lipinski definition) is 3. The second kappa shape index (κ2) is 7.37. The Hall–Kier alpha value is -2.30. The van der Waals surface area contributed by atoms with E-state index < -0.39 is 30.0 Å². The van der Waals surface area contributed by atoms with Gasteiger partial charge in [-0.25, -0.2) is 4.98 Å². The van der Waals surface area contributed by atoms with Crippen molar-refractivity contribution in [2.75, 3.05) is 5.43 Å². The molecule has 2 aliphatic rings. The van der Waals surface area contributed by atoms with Crippen LogP contribution in [-0.4, -0.2) is 39.0 Å². The van der Waals surface area contributed by atoms with E-state index in [0.29, 0.717) is 5.82 Å². The number of carbonyl (C=O) groups excluding carboxylic acids is 2. The standard InChI is InChI=1S/C19H17IN4O3/c20-12-6-4-11(5-7-12)17(25)14-9-8-13-16(19(27)22-18(13)26)24(14)23-15-3-1-2-10-21-15/h1-10,13-14,16-17,25H,(H,21,23)(H,22,26,27). The molecule has 0 aliphatic carbocycles. The van der Waals surface area contributed by atoms with Crippen LogP contribution in [0, 0.1) is 9.49 Å². The van der Waals surface area contributed by atoms with E-state index in [9.17, 15) is 14.7 Å². The number of imide groups is 1. The number of amides is 2. The van der Waals surface area contributed by atoms with Gasteiger partial charge in [0.15, 0.2) is 0 Å². The molecule has 3 heterocycles. The Balaban J connectivity index is 1.70. The molecule has 0 saturated carbocycles. The van der Waals surface area contributed by atoms with Crippen LogP contribution in [0.5, 0.6) is 0 Å². The maximum Gasteiger partial charge on any atom is 0.246 e. The number of nitrogens with zero attached hydrogens (tertiary/aromatic N) is 2. The molecule has 138 valence electrons. The van der Waals surface area contributed by atoms with Crippen LogP contribution in [-0.2, 0) is 9.59 Å². The van der Waals surface area contributed by atoms with E-state index in [0.717, 1.165) is 9.13 Å². The molecule has 7 nitrogen and oxygen atoms in total. The minimum Gasteiger partial charge on any atom is -0.386 e. The first-order valence-corrected chi connectivity index (χ1v) is 9.55. The fourth-order valence-electron chi connectivity index (χ4n) is 3.41. The number of hydrazine groups is 1. The lowest BCUT2D eigenvalue weighted by Gasteiger charge is -2.40. The fourth-order valence-corrected chi connectivity index (χ4v) is 3.77. The van der Waals surface area contributed by atoms with Gasteiger partial charge in [-0.15, -0.1) is 0 Å². The van der Waals surface area contributed by atoms with Crippen LogP contribution < -0.4 is 10.7 Å². The van der Waals surface area contributed by atoms with Gasteiger partial charge in [0.05, 0.1) is 18.1 Å². The number of fused-ring (bicyclic) bond motifs is 1. The third-order valence-electron chi connectivity index (χ3n) is 4.74. The summed E-state index contributed by atoms with van der Waals surface area (Å²) in [6, 6.07) is 11.6. The highest BCUT2D eigenvalue weighted by molar-refractivity contribution is 14.1. The van der Waals surface area contributed by atoms with E-state index in [4.69, 9.17) is 0 Å². The van der Waals surface area contributed by atoms with E-state index >= 15 is 0 Å². The maximum atomic E-state index is 12.4. The lowest BCUT2D eigenvalue weighted by molar-refractivity contribution is -0.126. The first-order chi connectivity index (χ1) is 13.0. The maximum absolute atomic E-state index is 12.4. The predicted octanol–water partition coefficient (Wildman–Crippen LogP) is 1.63. The molecule has 2 aromatic rings. The molecule has 1 aromatic carbocycles. The second-order valence-electron chi connectivity index (χ2n) is 6.43. The summed E-state index contributed by atoms with van der Waals surface area (Å²) in [7, 11) is 0. The van der Waals surface area contributed by atoms with Gasteiger partial charge in [-0.2, -0.15) is 5.01 Å². The molecule has 4 unspecified atom stereocenters. The van der Waals surface area contributed by atoms with E-state index in [1.165, 1.54) is 0 Å². The van der Waals surface area contributed by atoms with Gasteiger partial charge in [-0.3, -0.25) is 14.9 Å². The quantitative estimate of drug-likeness (QED) is 0.353. The zero-order valence-corrected chi connectivity index (χ0v) is 16.3. The third-order valence-corrected chi connectivity index (χ3v) is 5.46. The summed E-state index contributed by atoms with van der Waals surface area (Å²) in [6.45, 7) is 0. The molecule has 2 aliphatic heterocycles. The summed E-state index contributed by atoms with van der Waals surface area (Å²) in [4.78, 5) is 28.7. The molecule has 0 radical (unpaired) electrons. The largest absolute Gasteiger partial charge is 0.386 e. The molecular weight excluding hydrogens is 459 g/mol. The van der Waals surface area contributed by atoms with E-state index in [2.05, 4.69) is 38.3 Å². The number of aromatic nitrogens is 1. The minimum absolute atomic E-state index is 0.337. The van der Waals surface area contributed by atoms with Gasteiger partial charge < -0.3 is 10.5 Å². The van der Waals surface area contributed by atoms with Crippen LogP contribution in [0.2, 0.25) is 0 Å². The number of nitrogens with one attached hydrogen (secondary N) is 2. The Labute approximate surface area is 169 Å². The first-order valence-electron chi connectivity index (χ1n) is 8.47. The Morgan fingerprint density at radius 2 is 1.89 bits per heavy atom. The third kappa shape index (κ3) is 3.47. The topological polar surface area (TPSA) is 94.6 Å². The molecule has 8 heteroatoms. The molecule has 27 heavy (non-hydrogen) atoms. The molecule has 0 bridgehead atoms. The summed E-state index contributed by atoms with van der Waals surface area (Å²) < 4.78 is 1.06. The number of aliphatic hydroxyl groups excluding tert-OH is 1. The van der Waals surface area contributed by atoms with Crippen molar-refractivity contribution >= 4 is 40.2 Å². The van der Waals surface area contributed by atoms with Crippen LogP contribution >= 0.6 is 22.6 Å². The minimum atomic E-state index is -0.890. The number of pyridine rings is 1. The van der Waals surface area contributed by atoms with Crippen LogP contribution in [0.4, 0.5) is 5.82 Å². The number of benzene rings is 1. The molecule has 4 rings (SSSR count). The fraction of sp³-hybridized carbons (Fsp3) is 0.211. The summed E-state index contributed by atoms with van der Waals surface area (Å²) >= 11 is 2.20. The number of aliphatic hydroxyl groups is 1. The first kappa shape index (κ1) is 18.1. The number of carbonyl (C=O) groups is 2. The molecule has 1 saturated heterocycles. The van der Waals surface area contributed by atoms with Gasteiger partial charge in [0.1, 0.15) is 11.9 Å². The zero-order chi connectivity index (χ0) is 19.0. The number of hydrogen-bond acceptors (Lipinski definition) is 6. The monoisotopic (exact) mass is 476 g/mol. The Kier molecular flexibility index (Phi) is 4.94. The average molecular weight is 476 g/mol. The SMILES string of the molecule is O=C1NC(=O)C2C1C=CC(C(O)c1ccc(I)cc1)N2Nc1ccccn1. The lowest BCUT2D eigenvalue weighted by Crippen LogP contribution is -2.55. The van der Waals surface area contributed by atoms with Gasteiger partial charge in [0, 0.05) is 9.77 Å². The van der Waals surface area contributed by atoms with E-state index in [1.54, 1.807) is 35.5 Å². The normalized spacial score (nSPS) is 25.8. The molecule has 4 atom stereocenters. The molecule has 0 spiro atoms. The van der Waals surface area contributed by atoms with Crippen LogP contribution in [0.1, 0.15) is 11.7 Å². The van der Waals surface area contributed by atoms with E-state index in [1.807, 2.05) is 30.3 Å². The van der Waals surface area contributed by atoms with Gasteiger partial charge >= 0.3 is 0 Å². The predicted molar refractivity (Wildman–Crippen MR) is 107 cm³/mol. The van der Waals surface area contributed by atoms with Crippen molar-refractivity contribution in [3.63, 3.8) is 0 Å². The lowest BCUT2D eigenvalue weighted by atomic mass is 9.90. The Bertz CT molecular complexity index is 888. The van der Waals surface area contributed by atoms with Gasteiger partial charge in [-0.05, 0) is 52.4 Å². The van der Waals surface area contributed by atoms with Crippen molar-refractivity contribution in [2.24, 2.45) is 5.92 Å². The summed E-state index contributed by atoms with van der Waals surface area (Å²) in [5.41, 5.74) is 3.84. The summed E-state index contributed by atoms with van der Waals surface area (Å²) in [6.07, 6.45) is 4.20. The van der Waals surface area contributed by atoms with Crippen molar-refractivity contribution in [3.8, 4) is 0 Å². The van der Waals surface area contributed by atoms with Crippen molar-refractivity contribution in [3.05, 3.63) is 69.9 Å². The highest BCUT2D eigenvalue weighted by Gasteiger charge is 2.49. The second-order valence-corrected chi connectivity index (χ2v) is 7.68. The van der Waals surface area contributed by atoms with Crippen LogP contribution in [0.3, 0.4) is 0 Å². The number of rotatable bonds is 4. The van der Waals surface area contributed by atoms with Crippen molar-refractivity contribution in [1.29, 1.82) is 0 Å². The van der Waals surface area contributed by atoms with Crippen molar-refractivity contribution in [2.45, 2.75) is 18.2 Å². The zero-order valence-electron chi connectivity index (χ0n) is 14.1. The molecular formula is C19H17IN4O3. The van der Waals surface area contributed by atoms with Crippen LogP contribution in [0.25, 0.3) is 0 Å². The number of anilines is 1. The van der Waals surface area contributed by atoms with Crippen molar-refractivity contribution < 1.29 is 14.7 Å². The Morgan fingerprint density at radius 1 is 1.11 bits per heavy atom. The molecule has 1 fully saturated rings. The van der Waals surface area contributed by atoms with E-state index in [-0.39, 0.29) is 5.91 Å². The van der Waals surface area contributed by atoms with Gasteiger partial charge in [0.25, 0.3) is 0 Å². The highest BCUT2D eigenvalue weighted by Crippen LogP contribution is 2.33. The highest BCUT2D eigenvalue weighted by atomic mass is 127. The van der Waals surface area contributed by atoms with Crippen LogP contribution in [0.15, 0.2) is 60.8 Å². The Morgan fingerprint density at radius 3 is 2.59 bits per heavy atom. The molecule has 1 aromatic heterocycles. The molecule has 2 amide bonds. The molecule has 3 N–H and O–H groups in total. The van der Waals surface area contributed by atoms with Gasteiger partial charge in [0.2, 0.25) is 11.8 Å². The number of halogens is 1. The smallest absolute Gasteiger partial charge is 0.246 e. The van der Waals surface area contributed by atoms with Crippen molar-refractivity contribution in [1.82, 2.24) is 15.3 Å². The average Bonchev–Trinajstić information content (AvgIpc) is 2.97.